The zero-order chi connectivity index (χ0) is 18.5. The molecule has 0 saturated carbocycles. The maximum Gasteiger partial charge on any atom is 0.277 e. The van der Waals surface area contributed by atoms with Gasteiger partial charge in [-0.05, 0) is 30.7 Å². The first-order chi connectivity index (χ1) is 12.5. The predicted molar refractivity (Wildman–Crippen MR) is 106 cm³/mol. The second-order valence-electron chi connectivity index (χ2n) is 5.76. The van der Waals surface area contributed by atoms with Gasteiger partial charge in [-0.1, -0.05) is 64.1 Å². The molecular weight excluding hydrogens is 414 g/mol. The zero-order valence-corrected chi connectivity index (χ0v) is 16.8. The van der Waals surface area contributed by atoms with E-state index < -0.39 is 0 Å². The largest absolute Gasteiger partial charge is 0.411 e. The minimum atomic E-state index is 0.00390. The van der Waals surface area contributed by atoms with E-state index in [0.29, 0.717) is 11.1 Å². The van der Waals surface area contributed by atoms with Gasteiger partial charge in [0.25, 0.3) is 5.22 Å². The van der Waals surface area contributed by atoms with Gasteiger partial charge in [-0.2, -0.15) is 0 Å². The molecule has 2 aromatic carbocycles. The van der Waals surface area contributed by atoms with Gasteiger partial charge < -0.3 is 9.32 Å². The summed E-state index contributed by atoms with van der Waals surface area (Å²) in [6.07, 6.45) is 0. The normalized spacial score (nSPS) is 12.0. The van der Waals surface area contributed by atoms with Crippen molar-refractivity contribution < 1.29 is 9.21 Å². The molecule has 7 heteroatoms. The van der Waals surface area contributed by atoms with Gasteiger partial charge in [-0.15, -0.1) is 10.2 Å². The molecule has 1 unspecified atom stereocenters. The molecule has 1 aromatic heterocycles. The van der Waals surface area contributed by atoms with Crippen molar-refractivity contribution in [3.05, 3.63) is 64.6 Å². The van der Waals surface area contributed by atoms with Crippen LogP contribution in [0, 0.1) is 0 Å². The first kappa shape index (κ1) is 18.7. The van der Waals surface area contributed by atoms with E-state index in [9.17, 15) is 4.79 Å². The third kappa shape index (κ3) is 4.53. The Kier molecular flexibility index (Phi) is 6.11. The number of hydrogen-bond donors (Lipinski definition) is 0. The second kappa shape index (κ2) is 8.51. The smallest absolute Gasteiger partial charge is 0.277 e. The van der Waals surface area contributed by atoms with E-state index in [4.69, 9.17) is 4.42 Å². The lowest BCUT2D eigenvalue weighted by Gasteiger charge is -2.25. The van der Waals surface area contributed by atoms with Crippen molar-refractivity contribution in [2.24, 2.45) is 0 Å². The Bertz CT molecular complexity index is 885. The molecular formula is C19H18BrN3O2S. The van der Waals surface area contributed by atoms with E-state index in [1.54, 1.807) is 11.9 Å². The van der Waals surface area contributed by atoms with Gasteiger partial charge in [0.15, 0.2) is 0 Å². The molecule has 0 radical (unpaired) electrons. The minimum Gasteiger partial charge on any atom is -0.411 e. The number of thioether (sulfide) groups is 1. The van der Waals surface area contributed by atoms with Crippen molar-refractivity contribution in [1.82, 2.24) is 15.1 Å². The fourth-order valence-electron chi connectivity index (χ4n) is 2.40. The van der Waals surface area contributed by atoms with Gasteiger partial charge >= 0.3 is 0 Å². The topological polar surface area (TPSA) is 59.2 Å². The Balaban J connectivity index is 1.59. The standard InChI is InChI=1S/C19H18BrN3O2S/c1-13(14-7-4-3-5-8-14)23(2)17(24)12-26-19-22-21-18(25-19)15-9-6-10-16(20)11-15/h3-11,13H,12H2,1-2H3. The summed E-state index contributed by atoms with van der Waals surface area (Å²) in [4.78, 5) is 14.2. The summed E-state index contributed by atoms with van der Waals surface area (Å²) in [5.41, 5.74) is 1.93. The summed E-state index contributed by atoms with van der Waals surface area (Å²) in [5, 5.41) is 8.45. The molecule has 0 fully saturated rings. The number of halogens is 1. The minimum absolute atomic E-state index is 0.00390. The van der Waals surface area contributed by atoms with Crippen molar-refractivity contribution in [3.63, 3.8) is 0 Å². The predicted octanol–water partition coefficient (Wildman–Crippen LogP) is 4.81. The summed E-state index contributed by atoms with van der Waals surface area (Å²) < 4.78 is 6.59. The molecule has 26 heavy (non-hydrogen) atoms. The van der Waals surface area contributed by atoms with Crippen molar-refractivity contribution >= 4 is 33.6 Å². The quantitative estimate of drug-likeness (QED) is 0.524. The van der Waals surface area contributed by atoms with Crippen LogP contribution in [0.25, 0.3) is 11.5 Å². The molecule has 5 nitrogen and oxygen atoms in total. The van der Waals surface area contributed by atoms with Gasteiger partial charge in [-0.3, -0.25) is 4.79 Å². The molecule has 0 spiro atoms. The van der Waals surface area contributed by atoms with Crippen LogP contribution in [-0.4, -0.2) is 33.8 Å². The van der Waals surface area contributed by atoms with Crippen molar-refractivity contribution in [3.8, 4) is 11.5 Å². The monoisotopic (exact) mass is 431 g/mol. The Hall–Kier alpha value is -2.12. The average molecular weight is 432 g/mol. The van der Waals surface area contributed by atoms with Crippen molar-refractivity contribution in [2.45, 2.75) is 18.2 Å². The number of carbonyl (C=O) groups excluding carboxylic acids is 1. The van der Waals surface area contributed by atoms with Crippen LogP contribution in [0.4, 0.5) is 0 Å². The Morgan fingerprint density at radius 2 is 1.96 bits per heavy atom. The molecule has 1 atom stereocenters. The molecule has 3 aromatic rings. The number of amides is 1. The van der Waals surface area contributed by atoms with Crippen LogP contribution in [0.5, 0.6) is 0 Å². The molecule has 134 valence electrons. The SMILES string of the molecule is CC(c1ccccc1)N(C)C(=O)CSc1nnc(-c2cccc(Br)c2)o1. The highest BCUT2D eigenvalue weighted by atomic mass is 79.9. The molecule has 1 heterocycles. The zero-order valence-electron chi connectivity index (χ0n) is 14.4. The molecule has 0 bridgehead atoms. The number of aromatic nitrogens is 2. The summed E-state index contributed by atoms with van der Waals surface area (Å²) >= 11 is 4.67. The van der Waals surface area contributed by atoms with Crippen LogP contribution < -0.4 is 0 Å². The molecule has 0 aliphatic heterocycles. The number of nitrogens with zero attached hydrogens (tertiary/aromatic N) is 3. The summed E-state index contributed by atoms with van der Waals surface area (Å²) in [6, 6.07) is 17.6. The van der Waals surface area contributed by atoms with E-state index in [-0.39, 0.29) is 17.7 Å². The highest BCUT2D eigenvalue weighted by molar-refractivity contribution is 9.10. The summed E-state index contributed by atoms with van der Waals surface area (Å²) in [6.45, 7) is 2.01. The maximum atomic E-state index is 12.5. The van der Waals surface area contributed by atoms with Gasteiger partial charge in [0, 0.05) is 17.1 Å². The van der Waals surface area contributed by atoms with E-state index in [0.717, 1.165) is 15.6 Å². The lowest BCUT2D eigenvalue weighted by Crippen LogP contribution is -2.31. The average Bonchev–Trinajstić information content (AvgIpc) is 3.14. The molecule has 0 aliphatic carbocycles. The highest BCUT2D eigenvalue weighted by Crippen LogP contribution is 2.26. The van der Waals surface area contributed by atoms with E-state index in [2.05, 4.69) is 26.1 Å². The van der Waals surface area contributed by atoms with Gasteiger partial charge in [0.1, 0.15) is 0 Å². The molecule has 3 rings (SSSR count). The fourth-order valence-corrected chi connectivity index (χ4v) is 3.49. The maximum absolute atomic E-state index is 12.5. The summed E-state index contributed by atoms with van der Waals surface area (Å²) in [5.74, 6) is 0.689. The van der Waals surface area contributed by atoms with E-state index in [1.165, 1.54) is 11.8 Å². The highest BCUT2D eigenvalue weighted by Gasteiger charge is 2.19. The molecule has 0 aliphatic rings. The van der Waals surface area contributed by atoms with Crippen LogP contribution in [0.15, 0.2) is 68.7 Å². The number of carbonyl (C=O) groups is 1. The summed E-state index contributed by atoms with van der Waals surface area (Å²) in [7, 11) is 1.81. The van der Waals surface area contributed by atoms with Gasteiger partial charge in [0.05, 0.1) is 11.8 Å². The second-order valence-corrected chi connectivity index (χ2v) is 7.61. The van der Waals surface area contributed by atoms with Gasteiger partial charge in [-0.25, -0.2) is 0 Å². The number of hydrogen-bond acceptors (Lipinski definition) is 5. The first-order valence-electron chi connectivity index (χ1n) is 8.07. The molecule has 0 N–H and O–H groups in total. The number of rotatable bonds is 6. The van der Waals surface area contributed by atoms with Crippen LogP contribution in [-0.2, 0) is 4.79 Å². The molecule has 0 saturated heterocycles. The van der Waals surface area contributed by atoms with Gasteiger partial charge in [0.2, 0.25) is 11.8 Å². The number of benzene rings is 2. The van der Waals surface area contributed by atoms with Crippen LogP contribution in [0.3, 0.4) is 0 Å². The van der Waals surface area contributed by atoms with Crippen molar-refractivity contribution in [2.75, 3.05) is 12.8 Å². The van der Waals surface area contributed by atoms with Crippen molar-refractivity contribution in [1.29, 1.82) is 0 Å². The first-order valence-corrected chi connectivity index (χ1v) is 9.85. The molecule has 1 amide bonds. The Labute approximate surface area is 164 Å². The Morgan fingerprint density at radius 3 is 2.69 bits per heavy atom. The van der Waals surface area contributed by atoms with E-state index >= 15 is 0 Å². The Morgan fingerprint density at radius 1 is 1.19 bits per heavy atom. The third-order valence-electron chi connectivity index (χ3n) is 4.05. The van der Waals surface area contributed by atoms with Crippen LogP contribution >= 0.6 is 27.7 Å². The third-order valence-corrected chi connectivity index (χ3v) is 5.35. The van der Waals surface area contributed by atoms with E-state index in [1.807, 2.05) is 61.5 Å². The fraction of sp³-hybridized carbons (Fsp3) is 0.211. The lowest BCUT2D eigenvalue weighted by atomic mass is 10.1. The lowest BCUT2D eigenvalue weighted by molar-refractivity contribution is -0.128. The van der Waals surface area contributed by atoms with Crippen LogP contribution in [0.1, 0.15) is 18.5 Å². The van der Waals surface area contributed by atoms with Crippen LogP contribution in [0.2, 0.25) is 0 Å².